The van der Waals surface area contributed by atoms with Crippen LogP contribution in [0.2, 0.25) is 5.02 Å². The van der Waals surface area contributed by atoms with Crippen molar-refractivity contribution in [3.63, 3.8) is 0 Å². The summed E-state index contributed by atoms with van der Waals surface area (Å²) in [6, 6.07) is 3.48. The molecule has 1 heterocycles. The second-order valence-electron chi connectivity index (χ2n) is 3.07. The van der Waals surface area contributed by atoms with Crippen molar-refractivity contribution in [1.82, 2.24) is 4.98 Å². The molecule has 1 aromatic heterocycles. The standard InChI is InChI=1S/C9H10ClNO/c10-8-3-4-11-9(5-8)12-6-7-1-2-7/h3-5,7H,1-2,6H2. The molecular formula is C9H10ClNO. The molecule has 12 heavy (non-hydrogen) atoms. The van der Waals surface area contributed by atoms with Crippen LogP contribution < -0.4 is 4.74 Å². The summed E-state index contributed by atoms with van der Waals surface area (Å²) in [5.74, 6) is 1.39. The minimum absolute atomic E-state index is 0.634. The lowest BCUT2D eigenvalue weighted by atomic mass is 10.4. The van der Waals surface area contributed by atoms with Crippen molar-refractivity contribution in [2.24, 2.45) is 5.92 Å². The first-order valence-corrected chi connectivity index (χ1v) is 4.47. The zero-order valence-electron chi connectivity index (χ0n) is 6.66. The molecule has 1 aliphatic rings. The Bertz CT molecular complexity index is 273. The number of nitrogens with zero attached hydrogens (tertiary/aromatic N) is 1. The maximum Gasteiger partial charge on any atom is 0.214 e. The molecule has 0 radical (unpaired) electrons. The lowest BCUT2D eigenvalue weighted by Gasteiger charge is -2.02. The summed E-state index contributed by atoms with van der Waals surface area (Å²) < 4.78 is 5.42. The van der Waals surface area contributed by atoms with E-state index in [1.165, 1.54) is 12.8 Å². The fourth-order valence-corrected chi connectivity index (χ4v) is 1.10. The first kappa shape index (κ1) is 7.87. The van der Waals surface area contributed by atoms with Crippen molar-refractivity contribution in [3.05, 3.63) is 23.4 Å². The van der Waals surface area contributed by atoms with Crippen LogP contribution in [-0.4, -0.2) is 11.6 Å². The lowest BCUT2D eigenvalue weighted by molar-refractivity contribution is 0.288. The zero-order chi connectivity index (χ0) is 8.39. The van der Waals surface area contributed by atoms with Gasteiger partial charge >= 0.3 is 0 Å². The first-order valence-electron chi connectivity index (χ1n) is 4.09. The van der Waals surface area contributed by atoms with Crippen molar-refractivity contribution in [1.29, 1.82) is 0 Å². The molecule has 0 aliphatic heterocycles. The van der Waals surface area contributed by atoms with E-state index in [2.05, 4.69) is 4.98 Å². The van der Waals surface area contributed by atoms with Gasteiger partial charge in [-0.15, -0.1) is 0 Å². The van der Waals surface area contributed by atoms with Crippen LogP contribution in [0.15, 0.2) is 18.3 Å². The Kier molecular flexibility index (Phi) is 2.17. The average Bonchev–Trinajstić information content (AvgIpc) is 2.84. The molecule has 2 nitrogen and oxygen atoms in total. The molecule has 1 fully saturated rings. The van der Waals surface area contributed by atoms with E-state index in [1.807, 2.05) is 0 Å². The van der Waals surface area contributed by atoms with Crippen LogP contribution in [0.25, 0.3) is 0 Å². The Morgan fingerprint density at radius 1 is 1.58 bits per heavy atom. The Balaban J connectivity index is 1.92. The number of halogens is 1. The molecular weight excluding hydrogens is 174 g/mol. The number of hydrogen-bond donors (Lipinski definition) is 0. The van der Waals surface area contributed by atoms with E-state index in [4.69, 9.17) is 16.3 Å². The molecule has 1 aromatic rings. The Hall–Kier alpha value is -0.760. The second kappa shape index (κ2) is 3.31. The van der Waals surface area contributed by atoms with Crippen LogP contribution in [0.5, 0.6) is 5.88 Å². The smallest absolute Gasteiger partial charge is 0.214 e. The number of pyridine rings is 1. The summed E-state index contributed by atoms with van der Waals surface area (Å²) in [6.07, 6.45) is 4.24. The Morgan fingerprint density at radius 3 is 3.08 bits per heavy atom. The summed E-state index contributed by atoms with van der Waals surface area (Å²) in [5.41, 5.74) is 0. The van der Waals surface area contributed by atoms with E-state index in [0.717, 1.165) is 12.5 Å². The molecule has 1 saturated carbocycles. The van der Waals surface area contributed by atoms with Gasteiger partial charge in [0.2, 0.25) is 5.88 Å². The highest BCUT2D eigenvalue weighted by molar-refractivity contribution is 6.30. The molecule has 0 amide bonds. The SMILES string of the molecule is Clc1ccnc(OCC2CC2)c1. The van der Waals surface area contributed by atoms with Gasteiger partial charge in [-0.1, -0.05) is 11.6 Å². The zero-order valence-corrected chi connectivity index (χ0v) is 7.42. The number of rotatable bonds is 3. The van der Waals surface area contributed by atoms with Crippen molar-refractivity contribution < 1.29 is 4.74 Å². The van der Waals surface area contributed by atoms with Crippen LogP contribution in [-0.2, 0) is 0 Å². The largest absolute Gasteiger partial charge is 0.477 e. The van der Waals surface area contributed by atoms with E-state index in [9.17, 15) is 0 Å². The number of ether oxygens (including phenoxy) is 1. The summed E-state index contributed by atoms with van der Waals surface area (Å²) in [7, 11) is 0. The highest BCUT2D eigenvalue weighted by Crippen LogP contribution is 2.29. The van der Waals surface area contributed by atoms with E-state index in [-0.39, 0.29) is 0 Å². The topological polar surface area (TPSA) is 22.1 Å². The van der Waals surface area contributed by atoms with E-state index in [1.54, 1.807) is 18.3 Å². The predicted molar refractivity (Wildman–Crippen MR) is 47.5 cm³/mol. The van der Waals surface area contributed by atoms with Crippen molar-refractivity contribution in [2.75, 3.05) is 6.61 Å². The molecule has 0 N–H and O–H groups in total. The molecule has 0 aromatic carbocycles. The van der Waals surface area contributed by atoms with Crippen LogP contribution in [0, 0.1) is 5.92 Å². The second-order valence-corrected chi connectivity index (χ2v) is 3.50. The van der Waals surface area contributed by atoms with Gasteiger partial charge in [0.1, 0.15) is 0 Å². The highest BCUT2D eigenvalue weighted by Gasteiger charge is 2.21. The van der Waals surface area contributed by atoms with Gasteiger partial charge < -0.3 is 4.74 Å². The van der Waals surface area contributed by atoms with E-state index >= 15 is 0 Å². The van der Waals surface area contributed by atoms with Crippen LogP contribution in [0.3, 0.4) is 0 Å². The summed E-state index contributed by atoms with van der Waals surface area (Å²) >= 11 is 5.76. The highest BCUT2D eigenvalue weighted by atomic mass is 35.5. The quantitative estimate of drug-likeness (QED) is 0.719. The third-order valence-corrected chi connectivity index (χ3v) is 2.10. The van der Waals surface area contributed by atoms with Crippen LogP contribution in [0.4, 0.5) is 0 Å². The summed E-state index contributed by atoms with van der Waals surface area (Å²) in [4.78, 5) is 4.03. The average molecular weight is 184 g/mol. The normalized spacial score (nSPS) is 16.1. The molecule has 0 spiro atoms. The molecule has 64 valence electrons. The molecule has 1 aliphatic carbocycles. The molecule has 3 heteroatoms. The lowest BCUT2D eigenvalue weighted by Crippen LogP contribution is -1.99. The van der Waals surface area contributed by atoms with Crippen molar-refractivity contribution in [2.45, 2.75) is 12.8 Å². The minimum atomic E-state index is 0.634. The van der Waals surface area contributed by atoms with Gasteiger partial charge in [-0.05, 0) is 24.8 Å². The minimum Gasteiger partial charge on any atom is -0.477 e. The van der Waals surface area contributed by atoms with Gasteiger partial charge in [0.05, 0.1) is 6.61 Å². The summed E-state index contributed by atoms with van der Waals surface area (Å²) in [6.45, 7) is 0.785. The maximum absolute atomic E-state index is 5.76. The van der Waals surface area contributed by atoms with Crippen molar-refractivity contribution in [3.8, 4) is 5.88 Å². The third-order valence-electron chi connectivity index (χ3n) is 1.86. The fraction of sp³-hybridized carbons (Fsp3) is 0.444. The number of hydrogen-bond acceptors (Lipinski definition) is 2. The molecule has 0 atom stereocenters. The maximum atomic E-state index is 5.76. The van der Waals surface area contributed by atoms with Crippen LogP contribution in [0.1, 0.15) is 12.8 Å². The van der Waals surface area contributed by atoms with Gasteiger partial charge in [0.15, 0.2) is 0 Å². The van der Waals surface area contributed by atoms with Gasteiger partial charge in [0, 0.05) is 17.3 Å². The van der Waals surface area contributed by atoms with E-state index in [0.29, 0.717) is 10.9 Å². The molecule has 0 unspecified atom stereocenters. The fourth-order valence-electron chi connectivity index (χ4n) is 0.952. The first-order chi connectivity index (χ1) is 5.84. The third kappa shape index (κ3) is 2.11. The summed E-state index contributed by atoms with van der Waals surface area (Å²) in [5, 5.41) is 0.677. The van der Waals surface area contributed by atoms with Gasteiger partial charge in [0.25, 0.3) is 0 Å². The van der Waals surface area contributed by atoms with Crippen molar-refractivity contribution >= 4 is 11.6 Å². The predicted octanol–water partition coefficient (Wildman–Crippen LogP) is 2.52. The van der Waals surface area contributed by atoms with Gasteiger partial charge in [-0.25, -0.2) is 4.98 Å². The number of aromatic nitrogens is 1. The monoisotopic (exact) mass is 183 g/mol. The molecule has 2 rings (SSSR count). The van der Waals surface area contributed by atoms with Gasteiger partial charge in [-0.3, -0.25) is 0 Å². The van der Waals surface area contributed by atoms with Crippen LogP contribution >= 0.6 is 11.6 Å². The molecule has 0 saturated heterocycles. The van der Waals surface area contributed by atoms with Gasteiger partial charge in [-0.2, -0.15) is 0 Å². The Labute approximate surface area is 76.5 Å². The molecule has 0 bridgehead atoms. The Morgan fingerprint density at radius 2 is 2.42 bits per heavy atom. The van der Waals surface area contributed by atoms with E-state index < -0.39 is 0 Å².